The Balaban J connectivity index is 1.66. The summed E-state index contributed by atoms with van der Waals surface area (Å²) in [5, 5.41) is 3.33. The fraction of sp³-hybridized carbons (Fsp3) is 0.227. The normalized spacial score (nSPS) is 24.2. The van der Waals surface area contributed by atoms with Crippen molar-refractivity contribution < 1.29 is 13.9 Å². The van der Waals surface area contributed by atoms with Gasteiger partial charge in [-0.15, -0.1) is 0 Å². The zero-order valence-corrected chi connectivity index (χ0v) is 15.7. The lowest BCUT2D eigenvalue weighted by molar-refractivity contribution is -0.122. The highest BCUT2D eigenvalue weighted by atomic mass is 19.1. The van der Waals surface area contributed by atoms with Crippen molar-refractivity contribution in [2.24, 2.45) is 0 Å². The molecule has 0 radical (unpaired) electrons. The van der Waals surface area contributed by atoms with E-state index < -0.39 is 5.82 Å². The van der Waals surface area contributed by atoms with Gasteiger partial charge in [0.2, 0.25) is 0 Å². The molecule has 6 heteroatoms. The van der Waals surface area contributed by atoms with E-state index in [0.717, 1.165) is 43.1 Å². The second-order valence-corrected chi connectivity index (χ2v) is 6.73. The molecule has 3 aliphatic heterocycles. The van der Waals surface area contributed by atoms with Crippen LogP contribution in [-0.2, 0) is 4.79 Å². The van der Waals surface area contributed by atoms with Crippen molar-refractivity contribution in [3.63, 3.8) is 0 Å². The van der Waals surface area contributed by atoms with Crippen LogP contribution in [0.3, 0.4) is 0 Å². The molecule has 0 spiro atoms. The molecule has 4 rings (SSSR count). The topological polar surface area (TPSA) is 44.8 Å². The van der Waals surface area contributed by atoms with E-state index >= 15 is 0 Å². The van der Waals surface area contributed by atoms with Gasteiger partial charge in [-0.25, -0.2) is 4.39 Å². The van der Waals surface area contributed by atoms with Gasteiger partial charge in [-0.3, -0.25) is 9.69 Å². The lowest BCUT2D eigenvalue weighted by atomic mass is 10.0. The minimum Gasteiger partial charge on any atom is -0.494 e. The van der Waals surface area contributed by atoms with Gasteiger partial charge in [0, 0.05) is 44.2 Å². The molecule has 0 aromatic heterocycles. The average Bonchev–Trinajstić information content (AvgIpc) is 2.73. The van der Waals surface area contributed by atoms with Crippen molar-refractivity contribution >= 4 is 11.5 Å². The first-order valence-electron chi connectivity index (χ1n) is 9.28. The molecular formula is C22H22FN3O2. The molecule has 1 fully saturated rings. The number of piperazine rings is 1. The fourth-order valence-corrected chi connectivity index (χ4v) is 3.46. The Morgan fingerprint density at radius 3 is 2.68 bits per heavy atom. The number of nitrogens with zero attached hydrogens (tertiary/aromatic N) is 2. The molecule has 3 heterocycles. The van der Waals surface area contributed by atoms with Crippen LogP contribution in [0.1, 0.15) is 5.56 Å². The SMILES string of the molecule is COc1cc(C2=C\C(=O)N3C=C(N4CCNCC4)C=C\C3=C/C=C/2)ccc1F. The van der Waals surface area contributed by atoms with Gasteiger partial charge in [0.1, 0.15) is 0 Å². The third kappa shape index (κ3) is 3.64. The van der Waals surface area contributed by atoms with Crippen LogP contribution in [-0.4, -0.2) is 49.0 Å². The van der Waals surface area contributed by atoms with Crippen molar-refractivity contribution in [2.75, 3.05) is 33.3 Å². The Kier molecular flexibility index (Phi) is 5.12. The summed E-state index contributed by atoms with van der Waals surface area (Å²) in [5.41, 5.74) is 3.26. The predicted octanol–water partition coefficient (Wildman–Crippen LogP) is 2.82. The minimum absolute atomic E-state index is 0.147. The summed E-state index contributed by atoms with van der Waals surface area (Å²) >= 11 is 0. The van der Waals surface area contributed by atoms with Crippen molar-refractivity contribution in [3.8, 4) is 5.75 Å². The van der Waals surface area contributed by atoms with Gasteiger partial charge in [-0.05, 0) is 41.5 Å². The number of fused-ring (bicyclic) bond motifs is 1. The van der Waals surface area contributed by atoms with Gasteiger partial charge < -0.3 is 15.0 Å². The maximum Gasteiger partial charge on any atom is 0.255 e. The number of amides is 1. The number of hydrogen-bond donors (Lipinski definition) is 1. The van der Waals surface area contributed by atoms with Gasteiger partial charge >= 0.3 is 0 Å². The third-order valence-corrected chi connectivity index (χ3v) is 4.99. The van der Waals surface area contributed by atoms with Crippen LogP contribution in [0.2, 0.25) is 0 Å². The van der Waals surface area contributed by atoms with Gasteiger partial charge in [0.05, 0.1) is 12.8 Å². The third-order valence-electron chi connectivity index (χ3n) is 4.99. The molecule has 0 aliphatic carbocycles. The number of methoxy groups -OCH3 is 1. The van der Waals surface area contributed by atoms with Crippen molar-refractivity contribution in [1.82, 2.24) is 15.1 Å². The number of nitrogens with one attached hydrogen (secondary N) is 1. The van der Waals surface area contributed by atoms with Gasteiger partial charge in [-0.1, -0.05) is 18.2 Å². The number of carbonyl (C=O) groups is 1. The largest absolute Gasteiger partial charge is 0.494 e. The maximum absolute atomic E-state index is 13.7. The summed E-state index contributed by atoms with van der Waals surface area (Å²) in [6.45, 7) is 3.68. The van der Waals surface area contributed by atoms with E-state index in [0.29, 0.717) is 5.57 Å². The lowest BCUT2D eigenvalue weighted by Gasteiger charge is -2.33. The molecule has 1 N–H and O–H groups in total. The van der Waals surface area contributed by atoms with E-state index in [1.54, 1.807) is 23.1 Å². The highest BCUT2D eigenvalue weighted by Crippen LogP contribution is 2.27. The monoisotopic (exact) mass is 379 g/mol. The number of hydrogen-bond acceptors (Lipinski definition) is 4. The first kappa shape index (κ1) is 18.3. The van der Waals surface area contributed by atoms with E-state index in [4.69, 9.17) is 4.74 Å². The molecule has 1 amide bonds. The zero-order chi connectivity index (χ0) is 19.5. The number of ether oxygens (including phenoxy) is 1. The van der Waals surface area contributed by atoms with Gasteiger partial charge in [0.25, 0.3) is 5.91 Å². The second-order valence-electron chi connectivity index (χ2n) is 6.73. The Morgan fingerprint density at radius 1 is 1.11 bits per heavy atom. The number of rotatable bonds is 3. The Bertz CT molecular complexity index is 937. The molecular weight excluding hydrogens is 357 g/mol. The molecule has 1 aromatic rings. The maximum atomic E-state index is 13.7. The fourth-order valence-electron chi connectivity index (χ4n) is 3.46. The van der Waals surface area contributed by atoms with E-state index in [1.165, 1.54) is 13.2 Å². The molecule has 1 aromatic carbocycles. The molecule has 3 aliphatic rings. The summed E-state index contributed by atoms with van der Waals surface area (Å²) in [7, 11) is 1.42. The Morgan fingerprint density at radius 2 is 1.89 bits per heavy atom. The van der Waals surface area contributed by atoms with Crippen molar-refractivity contribution in [2.45, 2.75) is 0 Å². The molecule has 0 bridgehead atoms. The van der Waals surface area contributed by atoms with Gasteiger partial charge in [-0.2, -0.15) is 0 Å². The molecule has 1 saturated heterocycles. The van der Waals surface area contributed by atoms with E-state index in [9.17, 15) is 9.18 Å². The number of halogens is 1. The second kappa shape index (κ2) is 7.86. The summed E-state index contributed by atoms with van der Waals surface area (Å²) < 4.78 is 18.8. The molecule has 144 valence electrons. The lowest BCUT2D eigenvalue weighted by Crippen LogP contribution is -2.43. The summed E-state index contributed by atoms with van der Waals surface area (Å²) in [4.78, 5) is 16.9. The average molecular weight is 379 g/mol. The van der Waals surface area contributed by atoms with E-state index in [2.05, 4.69) is 10.2 Å². The number of benzene rings is 1. The Labute approximate surface area is 163 Å². The van der Waals surface area contributed by atoms with Crippen LogP contribution in [0.4, 0.5) is 4.39 Å². The van der Waals surface area contributed by atoms with Crippen LogP contribution in [0.25, 0.3) is 5.57 Å². The van der Waals surface area contributed by atoms with Gasteiger partial charge in [0.15, 0.2) is 11.6 Å². The highest BCUT2D eigenvalue weighted by Gasteiger charge is 2.21. The van der Waals surface area contributed by atoms with Crippen molar-refractivity contribution in [3.05, 3.63) is 83.6 Å². The van der Waals surface area contributed by atoms with E-state index in [1.807, 2.05) is 36.6 Å². The first-order valence-corrected chi connectivity index (χ1v) is 9.28. The van der Waals surface area contributed by atoms with E-state index in [-0.39, 0.29) is 11.7 Å². The zero-order valence-electron chi connectivity index (χ0n) is 15.7. The van der Waals surface area contributed by atoms with Crippen molar-refractivity contribution in [1.29, 1.82) is 0 Å². The molecule has 5 nitrogen and oxygen atoms in total. The molecule has 0 unspecified atom stereocenters. The van der Waals surface area contributed by atoms with Crippen LogP contribution < -0.4 is 10.1 Å². The molecule has 28 heavy (non-hydrogen) atoms. The summed E-state index contributed by atoms with van der Waals surface area (Å²) in [6.07, 6.45) is 13.1. The predicted molar refractivity (Wildman–Crippen MR) is 107 cm³/mol. The standard InChI is InChI=1S/C22H22FN3O2/c1-28-21-13-17(5-8-20(21)23)16-3-2-4-18-6-7-19(15-26(18)22(27)14-16)25-11-9-24-10-12-25/h2-8,13-15,24H,9-12H2,1H3/b3-2+,16-14+,18-4+. The van der Waals surface area contributed by atoms with Crippen LogP contribution >= 0.6 is 0 Å². The van der Waals surface area contributed by atoms with Crippen LogP contribution in [0.15, 0.2) is 72.2 Å². The van der Waals surface area contributed by atoms with Crippen LogP contribution in [0, 0.1) is 5.82 Å². The smallest absolute Gasteiger partial charge is 0.255 e. The summed E-state index contributed by atoms with van der Waals surface area (Å²) in [6, 6.07) is 4.59. The molecule has 0 saturated carbocycles. The minimum atomic E-state index is -0.431. The summed E-state index contributed by atoms with van der Waals surface area (Å²) in [5.74, 6) is -0.426. The Hall–Kier alpha value is -3.12. The number of allylic oxidation sites excluding steroid dienone is 6. The highest BCUT2D eigenvalue weighted by molar-refractivity contribution is 6.00. The quantitative estimate of drug-likeness (QED) is 0.877. The first-order chi connectivity index (χ1) is 13.7. The molecule has 0 atom stereocenters. The number of carbonyl (C=O) groups excluding carboxylic acids is 1. The van der Waals surface area contributed by atoms with Crippen LogP contribution in [0.5, 0.6) is 5.75 Å².